The molecule has 0 radical (unpaired) electrons. The zero-order valence-corrected chi connectivity index (χ0v) is 13.0. The molecule has 0 aliphatic carbocycles. The molecule has 5 heteroatoms. The second-order valence-corrected chi connectivity index (χ2v) is 6.07. The smallest absolute Gasteiger partial charge is 0.229 e. The fourth-order valence-corrected chi connectivity index (χ4v) is 2.78. The van der Waals surface area contributed by atoms with Crippen LogP contribution < -0.4 is 11.1 Å². The highest BCUT2D eigenvalue weighted by Gasteiger charge is 2.21. The summed E-state index contributed by atoms with van der Waals surface area (Å²) in [4.78, 5) is 14.8. The lowest BCUT2D eigenvalue weighted by atomic mass is 10.0. The Hall–Kier alpha value is -0.680. The molecule has 1 heterocycles. The van der Waals surface area contributed by atoms with Crippen molar-refractivity contribution >= 4 is 23.1 Å². The maximum atomic E-state index is 12.0. The van der Waals surface area contributed by atoms with Gasteiger partial charge in [0.05, 0.1) is 10.9 Å². The fraction of sp³-hybridized carbons (Fsp3) is 0.857. The largest absolute Gasteiger partial charge is 0.393 e. The van der Waals surface area contributed by atoms with Gasteiger partial charge < -0.3 is 16.0 Å². The molecule has 0 aromatic rings. The Kier molecular flexibility index (Phi) is 7.31. The highest BCUT2D eigenvalue weighted by molar-refractivity contribution is 7.80. The molecule has 2 atom stereocenters. The summed E-state index contributed by atoms with van der Waals surface area (Å²) in [6.45, 7) is 8.37. The molecule has 1 aliphatic rings. The first-order valence-electron chi connectivity index (χ1n) is 7.34. The van der Waals surface area contributed by atoms with Crippen molar-refractivity contribution in [3.8, 4) is 0 Å². The van der Waals surface area contributed by atoms with Gasteiger partial charge in [-0.15, -0.1) is 0 Å². The van der Waals surface area contributed by atoms with Crippen molar-refractivity contribution in [2.75, 3.05) is 26.2 Å². The third kappa shape index (κ3) is 5.87. The Labute approximate surface area is 122 Å². The van der Waals surface area contributed by atoms with Gasteiger partial charge >= 0.3 is 0 Å². The summed E-state index contributed by atoms with van der Waals surface area (Å²) in [6, 6.07) is 0. The molecule has 1 saturated heterocycles. The van der Waals surface area contributed by atoms with E-state index in [1.807, 2.05) is 6.92 Å². The molecule has 0 saturated carbocycles. The number of hydrogen-bond donors (Lipinski definition) is 2. The van der Waals surface area contributed by atoms with Gasteiger partial charge in [0, 0.05) is 13.1 Å². The fourth-order valence-electron chi connectivity index (χ4n) is 2.56. The van der Waals surface area contributed by atoms with Gasteiger partial charge in [-0.1, -0.05) is 32.5 Å². The summed E-state index contributed by atoms with van der Waals surface area (Å²) < 4.78 is 0. The molecule has 1 amide bonds. The Morgan fingerprint density at radius 2 is 2.05 bits per heavy atom. The van der Waals surface area contributed by atoms with Gasteiger partial charge in [0.15, 0.2) is 0 Å². The summed E-state index contributed by atoms with van der Waals surface area (Å²) in [6.07, 6.45) is 4.26. The van der Waals surface area contributed by atoms with Crippen LogP contribution in [0.15, 0.2) is 0 Å². The zero-order chi connectivity index (χ0) is 14.3. The number of carbonyl (C=O) groups is 1. The maximum Gasteiger partial charge on any atom is 0.229 e. The van der Waals surface area contributed by atoms with Crippen LogP contribution in [0.25, 0.3) is 0 Å². The molecule has 4 nitrogen and oxygen atoms in total. The van der Waals surface area contributed by atoms with Crippen LogP contribution in [-0.2, 0) is 4.79 Å². The van der Waals surface area contributed by atoms with Crippen LogP contribution in [0.1, 0.15) is 39.5 Å². The molecule has 0 aromatic heterocycles. The highest BCUT2D eigenvalue weighted by atomic mass is 32.1. The van der Waals surface area contributed by atoms with Crippen LogP contribution in [0.5, 0.6) is 0 Å². The minimum Gasteiger partial charge on any atom is -0.393 e. The average Bonchev–Trinajstić information content (AvgIpc) is 2.85. The number of likely N-dealkylation sites (tertiary alicyclic amines) is 1. The highest BCUT2D eigenvalue weighted by Crippen LogP contribution is 2.11. The maximum absolute atomic E-state index is 12.0. The Morgan fingerprint density at radius 3 is 2.58 bits per heavy atom. The van der Waals surface area contributed by atoms with Crippen molar-refractivity contribution in [1.29, 1.82) is 0 Å². The molecule has 0 bridgehead atoms. The summed E-state index contributed by atoms with van der Waals surface area (Å²) in [7, 11) is 0. The molecule has 1 fully saturated rings. The number of amides is 1. The van der Waals surface area contributed by atoms with Crippen LogP contribution in [0, 0.1) is 11.8 Å². The van der Waals surface area contributed by atoms with Gasteiger partial charge in [-0.2, -0.15) is 0 Å². The van der Waals surface area contributed by atoms with Crippen molar-refractivity contribution in [1.82, 2.24) is 10.2 Å². The molecular weight excluding hydrogens is 258 g/mol. The van der Waals surface area contributed by atoms with Gasteiger partial charge in [-0.25, -0.2) is 0 Å². The van der Waals surface area contributed by atoms with Crippen molar-refractivity contribution in [2.24, 2.45) is 17.6 Å². The van der Waals surface area contributed by atoms with Gasteiger partial charge in [0.2, 0.25) is 5.91 Å². The van der Waals surface area contributed by atoms with E-state index in [4.69, 9.17) is 18.0 Å². The number of thiocarbonyl (C=S) groups is 1. The first-order valence-corrected chi connectivity index (χ1v) is 7.74. The quantitative estimate of drug-likeness (QED) is 0.664. The number of rotatable bonds is 8. The average molecular weight is 285 g/mol. The van der Waals surface area contributed by atoms with Crippen molar-refractivity contribution in [2.45, 2.75) is 39.5 Å². The molecule has 1 rings (SSSR count). The minimum absolute atomic E-state index is 0.0115. The molecule has 3 N–H and O–H groups in total. The van der Waals surface area contributed by atoms with Gasteiger partial charge in [-0.3, -0.25) is 4.79 Å². The third-order valence-electron chi connectivity index (χ3n) is 3.63. The van der Waals surface area contributed by atoms with Crippen molar-refractivity contribution in [3.63, 3.8) is 0 Å². The summed E-state index contributed by atoms with van der Waals surface area (Å²) in [5, 5.41) is 2.99. The minimum atomic E-state index is -0.306. The summed E-state index contributed by atoms with van der Waals surface area (Å²) in [5.41, 5.74) is 5.62. The first kappa shape index (κ1) is 16.4. The van der Waals surface area contributed by atoms with Crippen LogP contribution in [0.3, 0.4) is 0 Å². The number of carbonyl (C=O) groups excluding carboxylic acids is 1. The Balaban J connectivity index is 2.28. The van der Waals surface area contributed by atoms with Crippen molar-refractivity contribution < 1.29 is 4.79 Å². The van der Waals surface area contributed by atoms with E-state index in [0.29, 0.717) is 17.5 Å². The van der Waals surface area contributed by atoms with E-state index in [2.05, 4.69) is 17.1 Å². The lowest BCUT2D eigenvalue weighted by Crippen LogP contribution is -2.41. The topological polar surface area (TPSA) is 58.4 Å². The lowest BCUT2D eigenvalue weighted by Gasteiger charge is -2.21. The van der Waals surface area contributed by atoms with E-state index in [0.717, 1.165) is 19.4 Å². The Bertz CT molecular complexity index is 303. The Morgan fingerprint density at radius 1 is 1.42 bits per heavy atom. The van der Waals surface area contributed by atoms with E-state index < -0.39 is 0 Å². The number of nitrogens with two attached hydrogens (primary N) is 1. The predicted octanol–water partition coefficient (Wildman–Crippen LogP) is 1.54. The number of nitrogens with one attached hydrogen (secondary N) is 1. The normalized spacial score (nSPS) is 19.1. The zero-order valence-electron chi connectivity index (χ0n) is 12.2. The van der Waals surface area contributed by atoms with Gasteiger partial charge in [0.25, 0.3) is 0 Å². The monoisotopic (exact) mass is 285 g/mol. The molecule has 110 valence electrons. The van der Waals surface area contributed by atoms with E-state index in [-0.39, 0.29) is 11.8 Å². The summed E-state index contributed by atoms with van der Waals surface area (Å²) in [5.74, 6) is 0.150. The summed E-state index contributed by atoms with van der Waals surface area (Å²) >= 11 is 4.96. The van der Waals surface area contributed by atoms with E-state index in [1.54, 1.807) is 0 Å². The van der Waals surface area contributed by atoms with E-state index in [1.165, 1.54) is 25.9 Å². The molecule has 2 unspecified atom stereocenters. The molecule has 1 aliphatic heterocycles. The lowest BCUT2D eigenvalue weighted by molar-refractivity contribution is -0.123. The SMILES string of the molecule is CCCC(C(=O)NCC(C)CN1CCCC1)C(N)=S. The molecule has 19 heavy (non-hydrogen) atoms. The van der Waals surface area contributed by atoms with E-state index >= 15 is 0 Å². The number of nitrogens with zero attached hydrogens (tertiary/aromatic N) is 1. The second-order valence-electron chi connectivity index (χ2n) is 5.60. The first-order chi connectivity index (χ1) is 9.04. The van der Waals surface area contributed by atoms with Crippen LogP contribution >= 0.6 is 12.2 Å². The predicted molar refractivity (Wildman–Crippen MR) is 83.0 cm³/mol. The van der Waals surface area contributed by atoms with E-state index in [9.17, 15) is 4.79 Å². The van der Waals surface area contributed by atoms with Crippen LogP contribution in [0.2, 0.25) is 0 Å². The van der Waals surface area contributed by atoms with Crippen LogP contribution in [0.4, 0.5) is 0 Å². The third-order valence-corrected chi connectivity index (χ3v) is 3.92. The number of hydrogen-bond acceptors (Lipinski definition) is 3. The molecular formula is C14H27N3OS. The standard InChI is InChI=1S/C14H27N3OS/c1-3-6-12(13(15)19)14(18)16-9-11(2)10-17-7-4-5-8-17/h11-12H,3-10H2,1-2H3,(H2,15,19)(H,16,18). The van der Waals surface area contributed by atoms with Crippen LogP contribution in [-0.4, -0.2) is 42.0 Å². The molecule has 0 spiro atoms. The molecule has 0 aromatic carbocycles. The van der Waals surface area contributed by atoms with Gasteiger partial charge in [0.1, 0.15) is 0 Å². The van der Waals surface area contributed by atoms with Gasteiger partial charge in [-0.05, 0) is 38.3 Å². The second kappa shape index (κ2) is 8.48. The van der Waals surface area contributed by atoms with Crippen molar-refractivity contribution in [3.05, 3.63) is 0 Å².